The van der Waals surface area contributed by atoms with Gasteiger partial charge in [0.1, 0.15) is 5.82 Å². The highest BCUT2D eigenvalue weighted by Gasteiger charge is 2.32. The summed E-state index contributed by atoms with van der Waals surface area (Å²) in [7, 11) is 3.74. The summed E-state index contributed by atoms with van der Waals surface area (Å²) in [5.74, 6) is 0.213. The van der Waals surface area contributed by atoms with Crippen LogP contribution in [0.2, 0.25) is 0 Å². The summed E-state index contributed by atoms with van der Waals surface area (Å²) in [4.78, 5) is 10.4. The minimum Gasteiger partial charge on any atom is -0.381 e. The first-order chi connectivity index (χ1) is 19.1. The number of aromatic nitrogens is 3. The fraction of sp³-hybridized carbons (Fsp3) is 0.586. The van der Waals surface area contributed by atoms with Crippen molar-refractivity contribution in [1.29, 1.82) is 0 Å². The Balaban J connectivity index is 1.34. The molecule has 2 aromatic heterocycles. The Morgan fingerprint density at radius 3 is 2.41 bits per heavy atom. The molecule has 3 aromatic rings. The molecule has 0 bridgehead atoms. The average molecular weight is 554 g/mol. The predicted octanol–water partition coefficient (Wildman–Crippen LogP) is 4.78. The molecule has 0 atom stereocenters. The molecule has 1 aliphatic carbocycles. The number of halogens is 1. The van der Waals surface area contributed by atoms with Gasteiger partial charge in [-0.2, -0.15) is 5.10 Å². The van der Waals surface area contributed by atoms with Gasteiger partial charge in [-0.3, -0.25) is 4.72 Å². The number of pyridine rings is 1. The Hall–Kier alpha value is -2.24. The summed E-state index contributed by atoms with van der Waals surface area (Å²) in [6.07, 6.45) is 8.58. The van der Waals surface area contributed by atoms with Crippen LogP contribution in [0.1, 0.15) is 62.3 Å². The first-order valence-electron chi connectivity index (χ1n) is 14.4. The summed E-state index contributed by atoms with van der Waals surface area (Å²) >= 11 is 1.46. The van der Waals surface area contributed by atoms with E-state index in [2.05, 4.69) is 25.3 Å². The summed E-state index contributed by atoms with van der Waals surface area (Å²) in [5.41, 5.74) is 5.09. The molecule has 0 radical (unpaired) electrons. The van der Waals surface area contributed by atoms with E-state index in [4.69, 9.17) is 14.8 Å². The fourth-order valence-corrected chi connectivity index (χ4v) is 6.74. The van der Waals surface area contributed by atoms with Crippen LogP contribution in [-0.2, 0) is 11.3 Å². The van der Waals surface area contributed by atoms with Crippen molar-refractivity contribution < 1.29 is 9.13 Å². The number of hydrogen-bond donors (Lipinski definition) is 2. The molecule has 1 saturated carbocycles. The lowest BCUT2D eigenvalue weighted by molar-refractivity contribution is 0.0233. The molecule has 1 aromatic carbocycles. The number of nitrogens with zero attached hydrogens (tertiary/aromatic N) is 5. The lowest BCUT2D eigenvalue weighted by Gasteiger charge is -2.42. The van der Waals surface area contributed by atoms with Crippen LogP contribution in [0.4, 0.5) is 10.1 Å². The van der Waals surface area contributed by atoms with E-state index in [0.29, 0.717) is 24.6 Å². The number of piperidine rings is 2. The molecule has 0 amide bonds. The van der Waals surface area contributed by atoms with Crippen LogP contribution in [0.5, 0.6) is 0 Å². The number of rotatable bonds is 9. The number of anilines is 1. The summed E-state index contributed by atoms with van der Waals surface area (Å²) in [6, 6.07) is 9.51. The minimum absolute atomic E-state index is 0.244. The zero-order chi connectivity index (χ0) is 26.8. The molecule has 0 unspecified atom stereocenters. The fourth-order valence-electron chi connectivity index (χ4n) is 6.37. The molecule has 210 valence electrons. The molecule has 2 saturated heterocycles. The number of hydrogen-bond acceptors (Lipinski definition) is 8. The van der Waals surface area contributed by atoms with Crippen LogP contribution >= 0.6 is 12.1 Å². The van der Waals surface area contributed by atoms with E-state index < -0.39 is 0 Å². The van der Waals surface area contributed by atoms with Crippen molar-refractivity contribution in [3.05, 3.63) is 47.5 Å². The van der Waals surface area contributed by atoms with Crippen LogP contribution in [-0.4, -0.2) is 72.1 Å². The Kier molecular flexibility index (Phi) is 8.36. The molecule has 6 rings (SSSR count). The van der Waals surface area contributed by atoms with Gasteiger partial charge in [0.05, 0.1) is 34.3 Å². The highest BCUT2D eigenvalue weighted by Crippen LogP contribution is 2.43. The number of benzene rings is 1. The maximum atomic E-state index is 13.8. The minimum atomic E-state index is -0.244. The number of nitrogens with one attached hydrogen (secondary N) is 2. The lowest BCUT2D eigenvalue weighted by atomic mass is 9.82. The van der Waals surface area contributed by atoms with Gasteiger partial charge in [-0.1, -0.05) is 6.42 Å². The smallest absolute Gasteiger partial charge is 0.165 e. The zero-order valence-electron chi connectivity index (χ0n) is 23.0. The summed E-state index contributed by atoms with van der Waals surface area (Å²) < 4.78 is 27.7. The van der Waals surface area contributed by atoms with Crippen LogP contribution in [0.15, 0.2) is 30.3 Å². The van der Waals surface area contributed by atoms with E-state index in [1.54, 1.807) is 12.1 Å². The van der Waals surface area contributed by atoms with Crippen LogP contribution in [0.3, 0.4) is 0 Å². The Labute approximate surface area is 234 Å². The van der Waals surface area contributed by atoms with Gasteiger partial charge >= 0.3 is 0 Å². The Morgan fingerprint density at radius 2 is 1.77 bits per heavy atom. The van der Waals surface area contributed by atoms with Crippen molar-refractivity contribution >= 4 is 28.9 Å². The molecule has 39 heavy (non-hydrogen) atoms. The van der Waals surface area contributed by atoms with Gasteiger partial charge in [-0.05, 0) is 75.9 Å². The normalized spacial score (nSPS) is 20.1. The van der Waals surface area contributed by atoms with Gasteiger partial charge in [0.2, 0.25) is 0 Å². The number of ether oxygens (including phenoxy) is 1. The average Bonchev–Trinajstić information content (AvgIpc) is 3.31. The molecule has 3 fully saturated rings. The van der Waals surface area contributed by atoms with Gasteiger partial charge < -0.3 is 14.5 Å². The molecule has 8 nitrogen and oxygen atoms in total. The number of fused-ring (bicyclic) bond motifs is 1. The van der Waals surface area contributed by atoms with E-state index in [1.165, 1.54) is 41.8 Å². The summed E-state index contributed by atoms with van der Waals surface area (Å²) in [6.45, 7) is 4.96. The SMILES string of the molecule is CNSNCc1cc(N2CCC(N3CCC(OC)CC3)CC2)c2c(C3CCC3)nn(-c3ccc(F)cc3)c2n1. The van der Waals surface area contributed by atoms with Gasteiger partial charge in [-0.15, -0.1) is 0 Å². The van der Waals surface area contributed by atoms with Crippen LogP contribution < -0.4 is 14.3 Å². The second-order valence-electron chi connectivity index (χ2n) is 11.0. The molecule has 2 aliphatic heterocycles. The molecule has 4 heterocycles. The van der Waals surface area contributed by atoms with Crippen molar-refractivity contribution in [1.82, 2.24) is 29.1 Å². The van der Waals surface area contributed by atoms with E-state index in [-0.39, 0.29) is 5.82 Å². The third-order valence-corrected chi connectivity index (χ3v) is 9.31. The highest BCUT2D eigenvalue weighted by molar-refractivity contribution is 7.95. The van der Waals surface area contributed by atoms with Crippen molar-refractivity contribution in [3.63, 3.8) is 0 Å². The molecule has 0 spiro atoms. The van der Waals surface area contributed by atoms with E-state index in [0.717, 1.165) is 87.4 Å². The van der Waals surface area contributed by atoms with Gasteiger partial charge in [0.15, 0.2) is 5.65 Å². The standard InChI is InChI=1S/C29H40FN7OS/c1-31-39-32-19-22-18-26(36-14-10-23(11-15-36)35-16-12-25(38-2)13-17-35)27-28(20-4-3-5-20)34-37(29(27)33-22)24-8-6-21(30)7-9-24/h6-9,18,20,23,25,31-32H,3-5,10-17,19H2,1-2H3. The quantitative estimate of drug-likeness (QED) is 0.290. The number of methoxy groups -OCH3 is 1. The predicted molar refractivity (Wildman–Crippen MR) is 156 cm³/mol. The van der Waals surface area contributed by atoms with E-state index in [9.17, 15) is 4.39 Å². The van der Waals surface area contributed by atoms with Crippen molar-refractivity contribution in [2.75, 3.05) is 45.2 Å². The van der Waals surface area contributed by atoms with E-state index in [1.807, 2.05) is 18.8 Å². The zero-order valence-corrected chi connectivity index (χ0v) is 23.9. The third kappa shape index (κ3) is 5.67. The van der Waals surface area contributed by atoms with Crippen molar-refractivity contribution in [2.45, 2.75) is 69.6 Å². The first-order valence-corrected chi connectivity index (χ1v) is 15.2. The monoisotopic (exact) mass is 553 g/mol. The number of likely N-dealkylation sites (tertiary alicyclic amines) is 1. The molecule has 2 N–H and O–H groups in total. The molecule has 10 heteroatoms. The van der Waals surface area contributed by atoms with Crippen molar-refractivity contribution in [3.8, 4) is 5.69 Å². The maximum absolute atomic E-state index is 13.8. The van der Waals surface area contributed by atoms with Gasteiger partial charge in [0.25, 0.3) is 0 Å². The van der Waals surface area contributed by atoms with Crippen molar-refractivity contribution in [2.24, 2.45) is 0 Å². The second-order valence-corrected chi connectivity index (χ2v) is 12.0. The summed E-state index contributed by atoms with van der Waals surface area (Å²) in [5, 5.41) is 6.33. The Morgan fingerprint density at radius 1 is 1.03 bits per heavy atom. The van der Waals surface area contributed by atoms with Gasteiger partial charge in [0, 0.05) is 63.9 Å². The maximum Gasteiger partial charge on any atom is 0.165 e. The first kappa shape index (κ1) is 27.0. The molecular weight excluding hydrogens is 513 g/mol. The largest absolute Gasteiger partial charge is 0.381 e. The third-order valence-electron chi connectivity index (χ3n) is 8.82. The topological polar surface area (TPSA) is 70.5 Å². The second kappa shape index (κ2) is 12.1. The van der Waals surface area contributed by atoms with Crippen LogP contribution in [0.25, 0.3) is 16.7 Å². The molecular formula is C29H40FN7OS. The lowest BCUT2D eigenvalue weighted by Crippen LogP contribution is -2.48. The van der Waals surface area contributed by atoms with E-state index >= 15 is 0 Å². The molecule has 3 aliphatic rings. The highest BCUT2D eigenvalue weighted by atomic mass is 32.2. The Bertz CT molecular complexity index is 1250. The van der Waals surface area contributed by atoms with Crippen LogP contribution in [0, 0.1) is 5.82 Å². The van der Waals surface area contributed by atoms with Gasteiger partial charge in [-0.25, -0.2) is 18.8 Å².